The monoisotopic (exact) mass is 284 g/mol. The summed E-state index contributed by atoms with van der Waals surface area (Å²) in [5.41, 5.74) is 2.26. The Balaban J connectivity index is 1.68. The van der Waals surface area contributed by atoms with Crippen molar-refractivity contribution in [2.75, 3.05) is 5.32 Å². The molecule has 8 nitrogen and oxygen atoms in total. The van der Waals surface area contributed by atoms with Crippen LogP contribution in [-0.4, -0.2) is 36.0 Å². The summed E-state index contributed by atoms with van der Waals surface area (Å²) in [7, 11) is 0. The van der Waals surface area contributed by atoms with Gasteiger partial charge in [-0.1, -0.05) is 17.3 Å². The number of para-hydroxylation sites is 2. The van der Waals surface area contributed by atoms with E-state index in [2.05, 4.69) is 25.6 Å². The van der Waals surface area contributed by atoms with Crippen LogP contribution in [0.4, 0.5) is 5.82 Å². The van der Waals surface area contributed by atoms with Crippen LogP contribution in [0, 0.1) is 0 Å². The number of aliphatic carboxylic acids is 1. The van der Waals surface area contributed by atoms with Gasteiger partial charge in [-0.25, -0.2) is 9.67 Å². The number of carboxylic acid groups (broad SMARTS) is 1. The Labute approximate surface area is 119 Å². The summed E-state index contributed by atoms with van der Waals surface area (Å²) in [4.78, 5) is 19.3. The smallest absolute Gasteiger partial charge is 0.325 e. The zero-order valence-electron chi connectivity index (χ0n) is 11.0. The molecule has 2 N–H and O–H groups in total. The van der Waals surface area contributed by atoms with Gasteiger partial charge in [-0.3, -0.25) is 9.78 Å². The fraction of sp³-hybridized carbons (Fsp3) is 0.154. The van der Waals surface area contributed by atoms with Crippen molar-refractivity contribution in [3.8, 4) is 0 Å². The highest BCUT2D eigenvalue weighted by atomic mass is 16.4. The van der Waals surface area contributed by atoms with E-state index in [0.29, 0.717) is 18.1 Å². The molecule has 8 heteroatoms. The first-order valence-corrected chi connectivity index (χ1v) is 6.27. The molecule has 0 fully saturated rings. The average molecular weight is 284 g/mol. The molecule has 2 aromatic heterocycles. The van der Waals surface area contributed by atoms with E-state index in [9.17, 15) is 4.79 Å². The van der Waals surface area contributed by atoms with Gasteiger partial charge in [0, 0.05) is 0 Å². The summed E-state index contributed by atoms with van der Waals surface area (Å²) in [6, 6.07) is 7.59. The number of benzene rings is 1. The summed E-state index contributed by atoms with van der Waals surface area (Å²) in [6.07, 6.45) is 3.22. The van der Waals surface area contributed by atoms with Crippen LogP contribution in [0.3, 0.4) is 0 Å². The van der Waals surface area contributed by atoms with Crippen LogP contribution in [0.25, 0.3) is 11.0 Å². The number of nitrogens with zero attached hydrogens (tertiary/aromatic N) is 5. The number of fused-ring (bicyclic) bond motifs is 1. The van der Waals surface area contributed by atoms with Gasteiger partial charge in [-0.2, -0.15) is 0 Å². The Morgan fingerprint density at radius 3 is 2.90 bits per heavy atom. The van der Waals surface area contributed by atoms with Gasteiger partial charge in [-0.05, 0) is 12.1 Å². The van der Waals surface area contributed by atoms with E-state index in [1.807, 2.05) is 24.3 Å². The second-order valence-corrected chi connectivity index (χ2v) is 4.40. The van der Waals surface area contributed by atoms with Crippen molar-refractivity contribution in [1.82, 2.24) is 25.0 Å². The summed E-state index contributed by atoms with van der Waals surface area (Å²) in [5.74, 6) is -0.332. The van der Waals surface area contributed by atoms with Crippen molar-refractivity contribution >= 4 is 22.8 Å². The molecule has 2 heterocycles. The van der Waals surface area contributed by atoms with Crippen molar-refractivity contribution in [2.45, 2.75) is 13.1 Å². The minimum Gasteiger partial charge on any atom is -0.480 e. The zero-order valence-corrected chi connectivity index (χ0v) is 11.0. The first kappa shape index (κ1) is 13.0. The molecule has 0 amide bonds. The number of hydrogen-bond donors (Lipinski definition) is 2. The predicted molar refractivity (Wildman–Crippen MR) is 74.5 cm³/mol. The number of anilines is 1. The van der Waals surface area contributed by atoms with Gasteiger partial charge in [0.1, 0.15) is 18.1 Å². The van der Waals surface area contributed by atoms with E-state index < -0.39 is 5.97 Å². The maximum atomic E-state index is 10.6. The maximum Gasteiger partial charge on any atom is 0.325 e. The molecule has 0 bridgehead atoms. The third kappa shape index (κ3) is 3.11. The summed E-state index contributed by atoms with van der Waals surface area (Å²) >= 11 is 0. The second-order valence-electron chi connectivity index (χ2n) is 4.40. The quantitative estimate of drug-likeness (QED) is 0.717. The molecule has 0 aliphatic rings. The number of nitrogens with one attached hydrogen (secondary N) is 1. The van der Waals surface area contributed by atoms with Crippen LogP contribution in [0.5, 0.6) is 0 Å². The molecule has 106 valence electrons. The second kappa shape index (κ2) is 5.53. The lowest BCUT2D eigenvalue weighted by Gasteiger charge is -2.03. The minimum absolute atomic E-state index is 0.206. The van der Waals surface area contributed by atoms with Crippen LogP contribution in [-0.2, 0) is 17.9 Å². The number of aromatic nitrogens is 5. The van der Waals surface area contributed by atoms with Crippen LogP contribution in [0.2, 0.25) is 0 Å². The molecule has 0 radical (unpaired) electrons. The molecule has 0 spiro atoms. The van der Waals surface area contributed by atoms with E-state index in [0.717, 1.165) is 11.0 Å². The topological polar surface area (TPSA) is 106 Å². The molecular weight excluding hydrogens is 272 g/mol. The van der Waals surface area contributed by atoms with Crippen LogP contribution < -0.4 is 5.32 Å². The van der Waals surface area contributed by atoms with Gasteiger partial charge in [0.25, 0.3) is 0 Å². The molecule has 0 aliphatic carbocycles. The molecule has 3 rings (SSSR count). The number of hydrogen-bond acceptors (Lipinski definition) is 6. The first-order chi connectivity index (χ1) is 10.2. The minimum atomic E-state index is -0.959. The molecule has 21 heavy (non-hydrogen) atoms. The van der Waals surface area contributed by atoms with Gasteiger partial charge in [0.05, 0.1) is 30.0 Å². The Bertz CT molecular complexity index is 785. The maximum absolute atomic E-state index is 10.6. The predicted octanol–water partition coefficient (Wildman–Crippen LogP) is 0.918. The summed E-state index contributed by atoms with van der Waals surface area (Å²) < 4.78 is 1.27. The lowest BCUT2D eigenvalue weighted by molar-refractivity contribution is -0.137. The van der Waals surface area contributed by atoms with Crippen LogP contribution >= 0.6 is 0 Å². The van der Waals surface area contributed by atoms with Crippen LogP contribution in [0.15, 0.2) is 36.7 Å². The van der Waals surface area contributed by atoms with Crippen molar-refractivity contribution in [3.05, 3.63) is 42.4 Å². The highest BCUT2D eigenvalue weighted by Gasteiger charge is 2.05. The van der Waals surface area contributed by atoms with Gasteiger partial charge in [-0.15, -0.1) is 5.10 Å². The van der Waals surface area contributed by atoms with Crippen LogP contribution in [0.1, 0.15) is 5.69 Å². The largest absolute Gasteiger partial charge is 0.480 e. The zero-order chi connectivity index (χ0) is 14.7. The molecule has 0 saturated heterocycles. The lowest BCUT2D eigenvalue weighted by atomic mass is 10.3. The van der Waals surface area contributed by atoms with Crippen molar-refractivity contribution in [2.24, 2.45) is 0 Å². The number of carboxylic acids is 1. The fourth-order valence-corrected chi connectivity index (χ4v) is 1.86. The third-order valence-corrected chi connectivity index (χ3v) is 2.78. The number of carbonyl (C=O) groups is 1. The molecular formula is C13H12N6O2. The van der Waals surface area contributed by atoms with E-state index >= 15 is 0 Å². The Hall–Kier alpha value is -3.03. The highest BCUT2D eigenvalue weighted by Crippen LogP contribution is 2.11. The molecule has 0 aliphatic heterocycles. The van der Waals surface area contributed by atoms with E-state index in [-0.39, 0.29) is 6.54 Å². The average Bonchev–Trinajstić information content (AvgIpc) is 2.91. The lowest BCUT2D eigenvalue weighted by Crippen LogP contribution is -2.09. The van der Waals surface area contributed by atoms with E-state index in [1.165, 1.54) is 4.68 Å². The normalized spacial score (nSPS) is 10.7. The van der Waals surface area contributed by atoms with Gasteiger partial charge >= 0.3 is 5.97 Å². The van der Waals surface area contributed by atoms with Crippen molar-refractivity contribution in [3.63, 3.8) is 0 Å². The molecule has 1 aromatic carbocycles. The standard InChI is InChI=1S/C13H12N6O2/c20-13(21)8-19-7-9(17-18-19)5-15-12-6-14-10-3-1-2-4-11(10)16-12/h1-4,6-7H,5,8H2,(H,15,16)(H,20,21). The van der Waals surface area contributed by atoms with Crippen molar-refractivity contribution < 1.29 is 9.90 Å². The first-order valence-electron chi connectivity index (χ1n) is 6.27. The van der Waals surface area contributed by atoms with E-state index in [4.69, 9.17) is 5.11 Å². The van der Waals surface area contributed by atoms with Gasteiger partial charge < -0.3 is 10.4 Å². The van der Waals surface area contributed by atoms with Gasteiger partial charge in [0.15, 0.2) is 0 Å². The third-order valence-electron chi connectivity index (χ3n) is 2.78. The van der Waals surface area contributed by atoms with Gasteiger partial charge in [0.2, 0.25) is 0 Å². The van der Waals surface area contributed by atoms with Crippen molar-refractivity contribution in [1.29, 1.82) is 0 Å². The Morgan fingerprint density at radius 1 is 1.29 bits per heavy atom. The number of rotatable bonds is 5. The SMILES string of the molecule is O=C(O)Cn1cc(CNc2cnc3ccccc3n2)nn1. The summed E-state index contributed by atoms with van der Waals surface area (Å²) in [6.45, 7) is 0.190. The summed E-state index contributed by atoms with van der Waals surface area (Å²) in [5, 5.41) is 19.4. The highest BCUT2D eigenvalue weighted by molar-refractivity contribution is 5.75. The Kier molecular flexibility index (Phi) is 3.42. The van der Waals surface area contributed by atoms with E-state index in [1.54, 1.807) is 12.4 Å². The molecule has 0 saturated carbocycles. The molecule has 0 unspecified atom stereocenters. The Morgan fingerprint density at radius 2 is 2.10 bits per heavy atom. The molecule has 3 aromatic rings. The fourth-order valence-electron chi connectivity index (χ4n) is 1.86. The molecule has 0 atom stereocenters.